The van der Waals surface area contributed by atoms with Gasteiger partial charge in [-0.15, -0.1) is 11.5 Å². The van der Waals surface area contributed by atoms with Crippen LogP contribution in [0.3, 0.4) is 0 Å². The molecule has 29 heavy (non-hydrogen) atoms. The molecule has 0 bridgehead atoms. The van der Waals surface area contributed by atoms with Crippen molar-refractivity contribution in [1.82, 2.24) is 4.98 Å². The number of pyridine rings is 1. The van der Waals surface area contributed by atoms with Gasteiger partial charge >= 0.3 is 17.1 Å². The van der Waals surface area contributed by atoms with Gasteiger partial charge in [0, 0.05) is 19.3 Å². The molecule has 3 aromatic rings. The predicted octanol–water partition coefficient (Wildman–Crippen LogP) is 7.43. The monoisotopic (exact) mass is 436 g/mol. The minimum Gasteiger partial charge on any atom is -0.410 e. The van der Waals surface area contributed by atoms with Gasteiger partial charge in [-0.05, 0) is 18.5 Å². The Morgan fingerprint density at radius 1 is 0.931 bits per heavy atom. The molecule has 1 aliphatic heterocycles. The van der Waals surface area contributed by atoms with Gasteiger partial charge in [-0.25, -0.2) is 0 Å². The Morgan fingerprint density at radius 2 is 1.45 bits per heavy atom. The molecule has 1 saturated heterocycles. The second-order valence-corrected chi connectivity index (χ2v) is 6.97. The normalized spacial score (nSPS) is 11.9. The van der Waals surface area contributed by atoms with Crippen molar-refractivity contribution < 1.29 is 17.1 Å². The number of hydrogen-bond acceptors (Lipinski definition) is 2. The zero-order valence-electron chi connectivity index (χ0n) is 20.0. The van der Waals surface area contributed by atoms with Gasteiger partial charge < -0.3 is 24.7 Å². The molecule has 1 fully saturated rings. The Morgan fingerprint density at radius 3 is 1.90 bits per heavy atom. The molecule has 2 nitrogen and oxygen atoms in total. The topological polar surface area (TPSA) is 16.1 Å². The molecule has 2 heterocycles. The molecule has 0 aliphatic carbocycles. The van der Waals surface area contributed by atoms with Crippen molar-refractivity contribution in [3.05, 3.63) is 73.1 Å². The van der Waals surface area contributed by atoms with E-state index in [0.29, 0.717) is 0 Å². The average Bonchev–Trinajstić information content (AvgIpc) is 3.40. The van der Waals surface area contributed by atoms with Gasteiger partial charge in [0.15, 0.2) is 0 Å². The quantitative estimate of drug-likeness (QED) is 0.291. The van der Waals surface area contributed by atoms with Crippen LogP contribution < -0.4 is 4.90 Å². The smallest absolute Gasteiger partial charge is 0.410 e. The van der Waals surface area contributed by atoms with E-state index in [0.717, 1.165) is 5.52 Å². The fourth-order valence-corrected chi connectivity index (χ4v) is 3.66. The van der Waals surface area contributed by atoms with E-state index in [-0.39, 0.29) is 31.9 Å². The van der Waals surface area contributed by atoms with Gasteiger partial charge in [-0.1, -0.05) is 60.0 Å². The first kappa shape index (κ1) is 29.6. The van der Waals surface area contributed by atoms with E-state index in [1.54, 1.807) is 0 Å². The van der Waals surface area contributed by atoms with E-state index in [9.17, 15) is 0 Å². The number of anilines is 1. The SMILES string of the molecule is CC.Cc1c(C)c(C)[c-](C)c1C.[CH3-].[CH3-].[Fe+4].c1cc2nccc(N3CCCC3)c2[cH-]1. The second-order valence-electron chi connectivity index (χ2n) is 6.97. The molecule has 3 heteroatoms. The van der Waals surface area contributed by atoms with E-state index in [1.165, 1.54) is 64.8 Å². The number of fused-ring (bicyclic) bond motifs is 1. The van der Waals surface area contributed by atoms with Gasteiger partial charge in [0.25, 0.3) is 0 Å². The summed E-state index contributed by atoms with van der Waals surface area (Å²) in [5.74, 6) is 0. The Labute approximate surface area is 190 Å². The molecule has 2 aromatic carbocycles. The summed E-state index contributed by atoms with van der Waals surface area (Å²) in [4.78, 5) is 6.81. The van der Waals surface area contributed by atoms with Crippen LogP contribution in [-0.4, -0.2) is 18.1 Å². The van der Waals surface area contributed by atoms with Crippen molar-refractivity contribution in [3.63, 3.8) is 0 Å². The molecule has 0 atom stereocenters. The van der Waals surface area contributed by atoms with E-state index in [2.05, 4.69) is 68.8 Å². The van der Waals surface area contributed by atoms with Crippen molar-refractivity contribution >= 4 is 16.6 Å². The van der Waals surface area contributed by atoms with Crippen LogP contribution in [0.4, 0.5) is 5.69 Å². The molecule has 0 unspecified atom stereocenters. The van der Waals surface area contributed by atoms with Crippen molar-refractivity contribution in [1.29, 1.82) is 0 Å². The summed E-state index contributed by atoms with van der Waals surface area (Å²) in [6, 6.07) is 8.45. The molecule has 0 amide bonds. The largest absolute Gasteiger partial charge is 4.00 e. The maximum absolute atomic E-state index is 4.35. The summed E-state index contributed by atoms with van der Waals surface area (Å²) >= 11 is 0. The molecule has 4 rings (SSSR count). The zero-order valence-corrected chi connectivity index (χ0v) is 21.1. The van der Waals surface area contributed by atoms with Crippen LogP contribution in [-0.2, 0) is 17.1 Å². The third kappa shape index (κ3) is 6.46. The van der Waals surface area contributed by atoms with Crippen LogP contribution in [0.5, 0.6) is 0 Å². The number of rotatable bonds is 1. The zero-order chi connectivity index (χ0) is 19.3. The fourth-order valence-electron chi connectivity index (χ4n) is 3.66. The molecule has 0 spiro atoms. The fraction of sp³-hybridized carbons (Fsp3) is 0.423. The van der Waals surface area contributed by atoms with Gasteiger partial charge in [0.2, 0.25) is 0 Å². The van der Waals surface area contributed by atoms with Crippen LogP contribution in [0, 0.1) is 49.5 Å². The Bertz CT molecular complexity index is 756. The first-order valence-corrected chi connectivity index (χ1v) is 9.95. The second kappa shape index (κ2) is 13.6. The Balaban J connectivity index is 0. The molecule has 1 aliphatic rings. The summed E-state index contributed by atoms with van der Waals surface area (Å²) in [5.41, 5.74) is 9.82. The van der Waals surface area contributed by atoms with E-state index in [4.69, 9.17) is 0 Å². The van der Waals surface area contributed by atoms with Crippen LogP contribution >= 0.6 is 0 Å². The Kier molecular flexibility index (Phi) is 13.9. The minimum absolute atomic E-state index is 0. The summed E-state index contributed by atoms with van der Waals surface area (Å²) in [6.45, 7) is 17.4. The van der Waals surface area contributed by atoms with Crippen LogP contribution in [0.2, 0.25) is 0 Å². The van der Waals surface area contributed by atoms with Crippen LogP contribution in [0.1, 0.15) is 54.5 Å². The van der Waals surface area contributed by atoms with Crippen molar-refractivity contribution in [2.24, 2.45) is 0 Å². The van der Waals surface area contributed by atoms with E-state index >= 15 is 0 Å². The summed E-state index contributed by atoms with van der Waals surface area (Å²) < 4.78 is 0. The molecule has 162 valence electrons. The van der Waals surface area contributed by atoms with Gasteiger partial charge in [-0.2, -0.15) is 39.9 Å². The maximum Gasteiger partial charge on any atom is 4.00 e. The standard InChI is InChI=1S/C12H13N2.C10H15.C2H6.2CH3.Fe/c1-2-9-14(8-1)12-6-7-13-11-5-3-4-10(11)12;1-6-7(2)9(4)10(5)8(6)3;1-2;;;/h3-7H,1-2,8-9H2;1-5H3;1-2H3;2*1H3;/q2*-1;;2*-1;+4. The van der Waals surface area contributed by atoms with E-state index in [1.807, 2.05) is 20.0 Å². The molecular weight excluding hydrogens is 396 g/mol. The third-order valence-corrected chi connectivity index (χ3v) is 5.77. The summed E-state index contributed by atoms with van der Waals surface area (Å²) in [6.07, 6.45) is 4.56. The van der Waals surface area contributed by atoms with Gasteiger partial charge in [0.1, 0.15) is 0 Å². The number of aromatic nitrogens is 1. The molecule has 0 radical (unpaired) electrons. The van der Waals surface area contributed by atoms with Gasteiger partial charge in [0.05, 0.1) is 0 Å². The van der Waals surface area contributed by atoms with Crippen molar-refractivity contribution in [2.45, 2.75) is 61.3 Å². The Hall–Kier alpha value is -1.57. The predicted molar refractivity (Wildman–Crippen MR) is 129 cm³/mol. The maximum atomic E-state index is 4.35. The van der Waals surface area contributed by atoms with Crippen molar-refractivity contribution in [2.75, 3.05) is 18.0 Å². The van der Waals surface area contributed by atoms with Crippen LogP contribution in [0.15, 0.2) is 30.5 Å². The first-order valence-electron chi connectivity index (χ1n) is 9.95. The number of hydrogen-bond donors (Lipinski definition) is 0. The molecule has 1 aromatic heterocycles. The van der Waals surface area contributed by atoms with Crippen molar-refractivity contribution in [3.8, 4) is 0 Å². The van der Waals surface area contributed by atoms with Crippen LogP contribution in [0.25, 0.3) is 10.9 Å². The average molecular weight is 436 g/mol. The van der Waals surface area contributed by atoms with E-state index < -0.39 is 0 Å². The third-order valence-electron chi connectivity index (χ3n) is 5.77. The summed E-state index contributed by atoms with van der Waals surface area (Å²) in [5, 5.41) is 1.30. The first-order chi connectivity index (χ1) is 12.5. The minimum atomic E-state index is 0. The number of nitrogens with zero attached hydrogens (tertiary/aromatic N) is 2. The summed E-state index contributed by atoms with van der Waals surface area (Å²) in [7, 11) is 0. The molecular formula is C26H40FeN2. The molecule has 0 saturated carbocycles. The van der Waals surface area contributed by atoms with Gasteiger partial charge in [-0.3, -0.25) is 0 Å². The molecule has 0 N–H and O–H groups in total.